The molecule has 0 fully saturated rings. The Morgan fingerprint density at radius 2 is 1.78 bits per heavy atom. The van der Waals surface area contributed by atoms with Crippen LogP contribution in [0.1, 0.15) is 35.4 Å². The number of hydrogen-bond acceptors (Lipinski definition) is 4. The van der Waals surface area contributed by atoms with Crippen molar-refractivity contribution in [1.29, 1.82) is 0 Å². The van der Waals surface area contributed by atoms with Crippen molar-refractivity contribution in [3.8, 4) is 11.1 Å². The third-order valence-corrected chi connectivity index (χ3v) is 6.50. The lowest BCUT2D eigenvalue weighted by Crippen LogP contribution is -2.24. The lowest BCUT2D eigenvalue weighted by atomic mass is 9.96. The van der Waals surface area contributed by atoms with E-state index >= 15 is 0 Å². The first kappa shape index (κ1) is 20.3. The van der Waals surface area contributed by atoms with Crippen LogP contribution >= 0.6 is 11.3 Å². The Morgan fingerprint density at radius 3 is 2.47 bits per heavy atom. The number of benzene rings is 3. The summed E-state index contributed by atoms with van der Waals surface area (Å²) in [6.07, 6.45) is 1.85. The fourth-order valence-electron chi connectivity index (χ4n) is 3.65. The van der Waals surface area contributed by atoms with Gasteiger partial charge in [0.15, 0.2) is 5.82 Å². The van der Waals surface area contributed by atoms with E-state index in [1.54, 1.807) is 6.07 Å². The summed E-state index contributed by atoms with van der Waals surface area (Å²) in [7, 11) is 0. The standard InChI is InChI=1S/C26H20FN3OS/c1-16-8-10-18(11-9-16)14-23-25(31)30-26(32-23)28-24(29-30)17(2)20-12-13-21(22(27)15-20)19-6-4-3-5-7-19/h3-15,17H,1-2H3/b23-14-. The van der Waals surface area contributed by atoms with Gasteiger partial charge in [-0.3, -0.25) is 4.79 Å². The minimum absolute atomic E-state index is 0.192. The molecule has 0 amide bonds. The molecule has 158 valence electrons. The molecular weight excluding hydrogens is 421 g/mol. The van der Waals surface area contributed by atoms with Gasteiger partial charge in [0, 0.05) is 11.5 Å². The monoisotopic (exact) mass is 441 g/mol. The maximum Gasteiger partial charge on any atom is 0.291 e. The normalized spacial score (nSPS) is 13.0. The Balaban J connectivity index is 1.47. The smallest absolute Gasteiger partial charge is 0.266 e. The van der Waals surface area contributed by atoms with E-state index in [2.05, 4.69) is 10.1 Å². The molecule has 5 rings (SSSR count). The molecule has 2 aromatic heterocycles. The van der Waals surface area contributed by atoms with Gasteiger partial charge >= 0.3 is 0 Å². The van der Waals surface area contributed by atoms with Gasteiger partial charge in [-0.1, -0.05) is 90.6 Å². The van der Waals surface area contributed by atoms with Crippen LogP contribution in [-0.4, -0.2) is 14.6 Å². The molecule has 2 heterocycles. The van der Waals surface area contributed by atoms with Gasteiger partial charge in [-0.05, 0) is 35.8 Å². The van der Waals surface area contributed by atoms with Crippen molar-refractivity contribution < 1.29 is 4.39 Å². The minimum atomic E-state index is -0.291. The van der Waals surface area contributed by atoms with Crippen LogP contribution in [0, 0.1) is 12.7 Å². The Hall–Kier alpha value is -3.64. The highest BCUT2D eigenvalue weighted by Crippen LogP contribution is 2.28. The molecule has 0 aliphatic carbocycles. The fraction of sp³-hybridized carbons (Fsp3) is 0.115. The minimum Gasteiger partial charge on any atom is -0.266 e. The van der Waals surface area contributed by atoms with Gasteiger partial charge in [-0.25, -0.2) is 9.37 Å². The molecule has 0 bridgehead atoms. The molecule has 0 spiro atoms. The molecule has 0 aliphatic rings. The quantitative estimate of drug-likeness (QED) is 0.396. The van der Waals surface area contributed by atoms with Gasteiger partial charge in [0.25, 0.3) is 5.56 Å². The van der Waals surface area contributed by atoms with Crippen molar-refractivity contribution in [3.05, 3.63) is 116 Å². The summed E-state index contributed by atoms with van der Waals surface area (Å²) in [5.41, 5.74) is 4.08. The van der Waals surface area contributed by atoms with Crippen molar-refractivity contribution in [2.45, 2.75) is 19.8 Å². The SMILES string of the molecule is Cc1ccc(/C=c2\sc3nc(C(C)c4ccc(-c5ccccc5)c(F)c4)nn3c2=O)cc1. The molecule has 5 aromatic rings. The van der Waals surface area contributed by atoms with E-state index in [1.807, 2.05) is 80.6 Å². The fourth-order valence-corrected chi connectivity index (χ4v) is 4.56. The zero-order valence-electron chi connectivity index (χ0n) is 17.6. The first-order chi connectivity index (χ1) is 15.5. The van der Waals surface area contributed by atoms with Gasteiger partial charge < -0.3 is 0 Å². The summed E-state index contributed by atoms with van der Waals surface area (Å²) in [5, 5.41) is 4.44. The molecule has 4 nitrogen and oxygen atoms in total. The second-order valence-corrected chi connectivity index (χ2v) is 8.83. The number of nitrogens with zero attached hydrogens (tertiary/aromatic N) is 3. The summed E-state index contributed by atoms with van der Waals surface area (Å²) in [6, 6.07) is 22.6. The third kappa shape index (κ3) is 3.74. The van der Waals surface area contributed by atoms with Crippen LogP contribution < -0.4 is 10.1 Å². The molecule has 3 aromatic carbocycles. The second kappa shape index (κ2) is 8.13. The lowest BCUT2D eigenvalue weighted by molar-refractivity contribution is 0.626. The number of aryl methyl sites for hydroxylation is 1. The van der Waals surface area contributed by atoms with Gasteiger partial charge in [-0.15, -0.1) is 5.10 Å². The molecule has 0 saturated heterocycles. The maximum atomic E-state index is 14.8. The van der Waals surface area contributed by atoms with Gasteiger partial charge in [0.1, 0.15) is 5.82 Å². The Kier molecular flexibility index (Phi) is 5.15. The van der Waals surface area contributed by atoms with E-state index in [1.165, 1.54) is 27.5 Å². The Morgan fingerprint density at radius 1 is 1.03 bits per heavy atom. The van der Waals surface area contributed by atoms with E-state index in [4.69, 9.17) is 0 Å². The first-order valence-corrected chi connectivity index (χ1v) is 11.1. The molecule has 0 N–H and O–H groups in total. The molecule has 0 radical (unpaired) electrons. The zero-order chi connectivity index (χ0) is 22.2. The zero-order valence-corrected chi connectivity index (χ0v) is 18.4. The molecule has 1 atom stereocenters. The number of hydrogen-bond donors (Lipinski definition) is 0. The topological polar surface area (TPSA) is 47.3 Å². The van der Waals surface area contributed by atoms with Crippen molar-refractivity contribution in [3.63, 3.8) is 0 Å². The molecule has 6 heteroatoms. The molecular formula is C26H20FN3OS. The van der Waals surface area contributed by atoms with Gasteiger partial charge in [0.2, 0.25) is 4.96 Å². The van der Waals surface area contributed by atoms with Crippen LogP contribution in [0.4, 0.5) is 4.39 Å². The maximum absolute atomic E-state index is 14.8. The summed E-state index contributed by atoms with van der Waals surface area (Å²) in [5.74, 6) is -0.0338. The largest absolute Gasteiger partial charge is 0.291 e. The highest BCUT2D eigenvalue weighted by atomic mass is 32.1. The average Bonchev–Trinajstić information content (AvgIpc) is 3.34. The predicted molar refractivity (Wildman–Crippen MR) is 126 cm³/mol. The van der Waals surface area contributed by atoms with E-state index in [9.17, 15) is 9.18 Å². The van der Waals surface area contributed by atoms with E-state index in [0.717, 1.165) is 16.7 Å². The summed E-state index contributed by atoms with van der Waals surface area (Å²) in [6.45, 7) is 3.94. The van der Waals surface area contributed by atoms with Crippen molar-refractivity contribution in [2.24, 2.45) is 0 Å². The van der Waals surface area contributed by atoms with Gasteiger partial charge in [0.05, 0.1) is 4.53 Å². The molecule has 32 heavy (non-hydrogen) atoms. The number of rotatable bonds is 4. The van der Waals surface area contributed by atoms with Crippen LogP contribution in [-0.2, 0) is 0 Å². The highest BCUT2D eigenvalue weighted by Gasteiger charge is 2.19. The summed E-state index contributed by atoms with van der Waals surface area (Å²) in [4.78, 5) is 17.9. The predicted octanol–water partition coefficient (Wildman–Crippen LogP) is 4.97. The van der Waals surface area contributed by atoms with Crippen LogP contribution in [0.15, 0.2) is 77.6 Å². The van der Waals surface area contributed by atoms with Crippen LogP contribution in [0.3, 0.4) is 0 Å². The van der Waals surface area contributed by atoms with Gasteiger partial charge in [-0.2, -0.15) is 4.52 Å². The van der Waals surface area contributed by atoms with Crippen LogP contribution in [0.25, 0.3) is 22.2 Å². The third-order valence-electron chi connectivity index (χ3n) is 5.54. The van der Waals surface area contributed by atoms with E-state index in [0.29, 0.717) is 20.9 Å². The highest BCUT2D eigenvalue weighted by molar-refractivity contribution is 7.15. The van der Waals surface area contributed by atoms with Crippen molar-refractivity contribution >= 4 is 22.4 Å². The van der Waals surface area contributed by atoms with Crippen LogP contribution in [0.5, 0.6) is 0 Å². The van der Waals surface area contributed by atoms with E-state index < -0.39 is 0 Å². The van der Waals surface area contributed by atoms with E-state index in [-0.39, 0.29) is 17.3 Å². The summed E-state index contributed by atoms with van der Waals surface area (Å²) < 4.78 is 16.7. The molecule has 0 saturated carbocycles. The first-order valence-electron chi connectivity index (χ1n) is 10.3. The number of aromatic nitrogens is 3. The molecule has 1 unspecified atom stereocenters. The van der Waals surface area contributed by atoms with Crippen LogP contribution in [0.2, 0.25) is 0 Å². The number of thiazole rings is 1. The number of halogens is 1. The average molecular weight is 442 g/mol. The second-order valence-electron chi connectivity index (χ2n) is 7.82. The van der Waals surface area contributed by atoms with Crippen molar-refractivity contribution in [1.82, 2.24) is 14.6 Å². The Bertz CT molecular complexity index is 1520. The number of fused-ring (bicyclic) bond motifs is 1. The van der Waals surface area contributed by atoms with Crippen molar-refractivity contribution in [2.75, 3.05) is 0 Å². The lowest BCUT2D eigenvalue weighted by Gasteiger charge is -2.10. The summed E-state index contributed by atoms with van der Waals surface area (Å²) >= 11 is 1.31. The molecule has 0 aliphatic heterocycles. The Labute approximate surface area is 188 Å².